The van der Waals surface area contributed by atoms with Crippen LogP contribution in [-0.4, -0.2) is 77.3 Å². The van der Waals surface area contributed by atoms with Crippen LogP contribution in [0.1, 0.15) is 0 Å². The monoisotopic (exact) mass is 665 g/mol. The van der Waals surface area contributed by atoms with Crippen LogP contribution in [0.4, 0.5) is 0 Å². The Morgan fingerprint density at radius 2 is 0.556 bits per heavy atom. The molecular weight excluding hydrogens is 609 g/mol. The number of hydrogen-bond acceptors (Lipinski definition) is 8. The predicted molar refractivity (Wildman–Crippen MR) is 172 cm³/mol. The third kappa shape index (κ3) is 18.8. The van der Waals surface area contributed by atoms with Gasteiger partial charge in [0.2, 0.25) is 0 Å². The van der Waals surface area contributed by atoms with E-state index in [-0.39, 0.29) is 0 Å². The highest BCUT2D eigenvalue weighted by Gasteiger charge is 2.48. The number of rotatable bonds is 16. The van der Waals surface area contributed by atoms with Crippen LogP contribution in [0, 0.1) is 0 Å². The van der Waals surface area contributed by atoms with Gasteiger partial charge in [0.15, 0.2) is 16.6 Å². The first-order chi connectivity index (χ1) is 15.3. The molecule has 36 heavy (non-hydrogen) atoms. The Bertz CT molecular complexity index is 704. The van der Waals surface area contributed by atoms with Gasteiger partial charge in [0.05, 0.1) is 0 Å². The minimum atomic E-state index is -2.57. The minimum absolute atomic E-state index is 1.38. The largest absolute Gasteiger partial charge is 0.437 e. The summed E-state index contributed by atoms with van der Waals surface area (Å²) in [6.45, 7) is 40.2. The summed E-state index contributed by atoms with van der Waals surface area (Å²) in [5, 5.41) is 0. The highest BCUT2D eigenvalue weighted by molar-refractivity contribution is 6.92. The summed E-state index contributed by atoms with van der Waals surface area (Å²) in [5.41, 5.74) is 0. The zero-order valence-electron chi connectivity index (χ0n) is 26.8. The van der Waals surface area contributed by atoms with Crippen molar-refractivity contribution in [3.8, 4) is 0 Å². The van der Waals surface area contributed by atoms with E-state index in [1.165, 1.54) is 0 Å². The van der Waals surface area contributed by atoms with Gasteiger partial charge in [-0.15, -0.1) is 0 Å². The normalized spacial score (nSPS) is 15.7. The topological polar surface area (TPSA) is 73.8 Å². The van der Waals surface area contributed by atoms with Crippen molar-refractivity contribution in [2.24, 2.45) is 0 Å². The molecule has 0 rings (SSSR count). The zero-order valence-corrected chi connectivity index (χ0v) is 35.8. The van der Waals surface area contributed by atoms with Crippen LogP contribution >= 0.6 is 0 Å². The summed E-state index contributed by atoms with van der Waals surface area (Å²) in [5.74, 6) is 0. The average Bonchev–Trinajstić information content (AvgIpc) is 2.31. The lowest BCUT2D eigenvalue weighted by Crippen LogP contribution is -2.61. The summed E-state index contributed by atoms with van der Waals surface area (Å²) in [7, 11) is -19.6. The van der Waals surface area contributed by atoms with Crippen LogP contribution in [0.15, 0.2) is 0 Å². The van der Waals surface area contributed by atoms with Crippen molar-refractivity contribution >= 4 is 77.3 Å². The molecule has 0 aromatic heterocycles. The first-order valence-corrected chi connectivity index (χ1v) is 38.3. The summed E-state index contributed by atoms with van der Waals surface area (Å²) in [6.07, 6.45) is 0. The second-order valence-corrected chi connectivity index (χ2v) is 46.7. The van der Waals surface area contributed by atoms with Gasteiger partial charge in [0.1, 0.15) is 0 Å². The first kappa shape index (κ1) is 37.6. The summed E-state index contributed by atoms with van der Waals surface area (Å²) in [4.78, 5) is 0. The SMILES string of the molecule is C[Si](O[Si](C)(C)C)O[Si](C)(C)O[Si](C)(C)O[Si](C)(C)O[Si](C)(C)O[Si](C)(C)O[Si](C)(C)O[Si](C)(C)C. The smallest absolute Gasteiger partial charge is 0.360 e. The van der Waals surface area contributed by atoms with Crippen LogP contribution < -0.4 is 0 Å². The van der Waals surface area contributed by atoms with Crippen molar-refractivity contribution in [2.75, 3.05) is 0 Å². The molecule has 0 aromatic rings. The van der Waals surface area contributed by atoms with Gasteiger partial charge < -0.3 is 32.9 Å². The van der Waals surface area contributed by atoms with E-state index in [0.29, 0.717) is 0 Å². The van der Waals surface area contributed by atoms with E-state index in [0.717, 1.165) is 0 Å². The molecular formula is C19H57O8Si9. The molecule has 0 amide bonds. The molecule has 1 radical (unpaired) electrons. The molecule has 0 aliphatic heterocycles. The summed E-state index contributed by atoms with van der Waals surface area (Å²) >= 11 is 0. The fraction of sp³-hybridized carbons (Fsp3) is 1.00. The Hall–Kier alpha value is 1.63. The molecule has 0 bridgehead atoms. The van der Waals surface area contributed by atoms with Crippen LogP contribution in [0.3, 0.4) is 0 Å². The van der Waals surface area contributed by atoms with Gasteiger partial charge in [-0.3, -0.25) is 0 Å². The zero-order chi connectivity index (χ0) is 29.2. The van der Waals surface area contributed by atoms with Gasteiger partial charge in [-0.25, -0.2) is 0 Å². The van der Waals surface area contributed by atoms with E-state index in [9.17, 15) is 0 Å². The van der Waals surface area contributed by atoms with Crippen LogP contribution in [0.25, 0.3) is 0 Å². The second kappa shape index (κ2) is 12.7. The van der Waals surface area contributed by atoms with E-state index in [1.54, 1.807) is 0 Å². The van der Waals surface area contributed by atoms with Crippen LogP contribution in [0.2, 0.25) is 124 Å². The van der Waals surface area contributed by atoms with E-state index in [2.05, 4.69) is 124 Å². The minimum Gasteiger partial charge on any atom is -0.437 e. The highest BCUT2D eigenvalue weighted by Crippen LogP contribution is 2.28. The lowest BCUT2D eigenvalue weighted by Gasteiger charge is -2.43. The third-order valence-corrected chi connectivity index (χ3v) is 34.6. The van der Waals surface area contributed by atoms with E-state index < -0.39 is 77.3 Å². The van der Waals surface area contributed by atoms with Gasteiger partial charge in [0.25, 0.3) is 0 Å². The van der Waals surface area contributed by atoms with Crippen molar-refractivity contribution in [3.63, 3.8) is 0 Å². The van der Waals surface area contributed by atoms with Gasteiger partial charge in [-0.1, -0.05) is 0 Å². The third-order valence-electron chi connectivity index (χ3n) is 3.85. The molecule has 0 aliphatic rings. The molecule has 0 fully saturated rings. The van der Waals surface area contributed by atoms with Crippen molar-refractivity contribution in [2.45, 2.75) is 124 Å². The van der Waals surface area contributed by atoms with E-state index in [1.807, 2.05) is 0 Å². The van der Waals surface area contributed by atoms with Crippen molar-refractivity contribution in [1.29, 1.82) is 0 Å². The standard InChI is InChI=1S/C19H57O8Si9/c1-28(20-29(2,3)4)21-31(8,9)23-33(12,13)25-35(16,17)27-36(18,19)26-34(14,15)24-32(10,11)22-30(5,6)7/h1-19H3. The van der Waals surface area contributed by atoms with Crippen LogP contribution in [-0.2, 0) is 32.9 Å². The molecule has 217 valence electrons. The maximum atomic E-state index is 6.66. The van der Waals surface area contributed by atoms with E-state index in [4.69, 9.17) is 32.9 Å². The maximum Gasteiger partial charge on any atom is 0.360 e. The highest BCUT2D eigenvalue weighted by atomic mass is 28.5. The Labute approximate surface area is 233 Å². The molecule has 0 atom stereocenters. The maximum absolute atomic E-state index is 6.66. The molecule has 0 spiro atoms. The lowest BCUT2D eigenvalue weighted by atomic mass is 11.8. The molecule has 0 saturated carbocycles. The molecule has 0 aliphatic carbocycles. The Kier molecular flexibility index (Phi) is 13.2. The van der Waals surface area contributed by atoms with E-state index >= 15 is 0 Å². The summed E-state index contributed by atoms with van der Waals surface area (Å²) < 4.78 is 52.0. The molecule has 17 heteroatoms. The van der Waals surface area contributed by atoms with Crippen molar-refractivity contribution in [3.05, 3.63) is 0 Å². The fourth-order valence-corrected chi connectivity index (χ4v) is 44.2. The molecule has 0 heterocycles. The van der Waals surface area contributed by atoms with Gasteiger partial charge in [-0.2, -0.15) is 0 Å². The summed E-state index contributed by atoms with van der Waals surface area (Å²) in [6, 6.07) is 0. The Morgan fingerprint density at radius 1 is 0.306 bits per heavy atom. The number of hydrogen-bond donors (Lipinski definition) is 0. The van der Waals surface area contributed by atoms with Gasteiger partial charge >= 0.3 is 60.6 Å². The van der Waals surface area contributed by atoms with Gasteiger partial charge in [-0.05, 0) is 124 Å². The predicted octanol–water partition coefficient (Wildman–Crippen LogP) is 7.12. The molecule has 0 aromatic carbocycles. The van der Waals surface area contributed by atoms with Crippen molar-refractivity contribution in [1.82, 2.24) is 0 Å². The quantitative estimate of drug-likeness (QED) is 0.162. The van der Waals surface area contributed by atoms with Crippen molar-refractivity contribution < 1.29 is 32.9 Å². The molecule has 0 unspecified atom stereocenters. The Morgan fingerprint density at radius 3 is 0.806 bits per heavy atom. The average molecular weight is 666 g/mol. The second-order valence-electron chi connectivity index (χ2n) is 13.9. The molecule has 0 saturated heterocycles. The molecule has 0 N–H and O–H groups in total. The lowest BCUT2D eigenvalue weighted by molar-refractivity contribution is 0.263. The molecule has 8 nitrogen and oxygen atoms in total. The Balaban J connectivity index is 5.25. The van der Waals surface area contributed by atoms with Gasteiger partial charge in [0, 0.05) is 0 Å². The fourth-order valence-electron chi connectivity index (χ4n) is 4.62. The first-order valence-electron chi connectivity index (χ1n) is 12.8. The van der Waals surface area contributed by atoms with Crippen LogP contribution in [0.5, 0.6) is 0 Å².